The Morgan fingerprint density at radius 2 is 1.61 bits per heavy atom. The van der Waals surface area contributed by atoms with Gasteiger partial charge in [-0.05, 0) is 36.9 Å². The van der Waals surface area contributed by atoms with Crippen molar-refractivity contribution >= 4 is 27.6 Å². The molecule has 0 aliphatic carbocycles. The fourth-order valence-corrected chi connectivity index (χ4v) is 4.47. The summed E-state index contributed by atoms with van der Waals surface area (Å²) in [5.41, 5.74) is 8.37. The van der Waals surface area contributed by atoms with Crippen molar-refractivity contribution in [3.8, 4) is 22.4 Å². The van der Waals surface area contributed by atoms with Crippen LogP contribution in [0.1, 0.15) is 39.2 Å². The number of nitrogens with zero attached hydrogens (tertiary/aromatic N) is 2. The topological polar surface area (TPSA) is 21.4 Å². The van der Waals surface area contributed by atoms with E-state index in [1.165, 1.54) is 0 Å². The molecule has 33 heavy (non-hydrogen) atoms. The smallest absolute Gasteiger partial charge is 0.216 e. The molecule has 3 heteroatoms. The second-order valence-corrected chi connectivity index (χ2v) is 8.88. The third kappa shape index (κ3) is 3.39. The van der Waals surface area contributed by atoms with Gasteiger partial charge in [-0.2, -0.15) is 0 Å². The molecule has 0 amide bonds. The molecular weight excluding hydrogens is 404 g/mol. The number of benzene rings is 3. The van der Waals surface area contributed by atoms with Gasteiger partial charge in [-0.15, -0.1) is 0 Å². The number of aromatic nitrogens is 1. The van der Waals surface area contributed by atoms with Crippen molar-refractivity contribution in [2.75, 3.05) is 0 Å². The van der Waals surface area contributed by atoms with Crippen LogP contribution in [0.3, 0.4) is 0 Å². The fraction of sp³-hybridized carbons (Fsp3) is 0.200. The average molecular weight is 434 g/mol. The molecule has 2 aromatic heterocycles. The third-order valence-electron chi connectivity index (χ3n) is 6.32. The van der Waals surface area contributed by atoms with Gasteiger partial charge in [0.15, 0.2) is 11.9 Å². The summed E-state index contributed by atoms with van der Waals surface area (Å²) >= 11 is 0. The van der Waals surface area contributed by atoms with Crippen LogP contribution in [-0.2, 0) is 7.05 Å². The number of hydrogen-bond acceptors (Lipinski definition) is 1. The van der Waals surface area contributed by atoms with Gasteiger partial charge in [0.25, 0.3) is 0 Å². The van der Waals surface area contributed by atoms with Gasteiger partial charge in [0.05, 0.1) is 13.5 Å². The number of hydrogen-bond donors (Lipinski definition) is 0. The van der Waals surface area contributed by atoms with Crippen LogP contribution in [0.2, 0.25) is 0 Å². The molecule has 0 aliphatic rings. The monoisotopic (exact) mass is 433 g/mol. The molecule has 3 nitrogen and oxygen atoms in total. The quantitative estimate of drug-likeness (QED) is 0.208. The van der Waals surface area contributed by atoms with E-state index in [9.17, 15) is 0 Å². The van der Waals surface area contributed by atoms with E-state index in [2.05, 4.69) is 17.0 Å². The maximum absolute atomic E-state index is 8.62. The zero-order valence-electron chi connectivity index (χ0n) is 21.6. The molecule has 5 aromatic rings. The molecule has 0 bridgehead atoms. The van der Waals surface area contributed by atoms with Crippen molar-refractivity contribution in [3.05, 3.63) is 94.9 Å². The summed E-state index contributed by atoms with van der Waals surface area (Å²) in [5, 5.41) is 1.93. The number of pyridine rings is 1. The molecule has 0 radical (unpaired) electrons. The van der Waals surface area contributed by atoms with Gasteiger partial charge >= 0.3 is 0 Å². The first kappa shape index (κ1) is 18.7. The number of aryl methyl sites for hydroxylation is 3. The van der Waals surface area contributed by atoms with Gasteiger partial charge in [-0.1, -0.05) is 67.9 Å². The summed E-state index contributed by atoms with van der Waals surface area (Å²) in [6, 6.07) is 18.3. The van der Waals surface area contributed by atoms with Gasteiger partial charge in [0, 0.05) is 29.3 Å². The van der Waals surface area contributed by atoms with Crippen LogP contribution < -0.4 is 4.57 Å². The summed E-state index contributed by atoms with van der Waals surface area (Å²) in [6.45, 7) is 15.4. The van der Waals surface area contributed by atoms with Crippen molar-refractivity contribution in [2.24, 2.45) is 7.05 Å². The van der Waals surface area contributed by atoms with E-state index in [-0.39, 0.29) is 0 Å². The minimum absolute atomic E-state index is 0.334. The van der Waals surface area contributed by atoms with Gasteiger partial charge in [-0.25, -0.2) is 9.41 Å². The maximum Gasteiger partial charge on any atom is 0.216 e. The Balaban J connectivity index is 1.86. The largest absolute Gasteiger partial charge is 0.456 e. The maximum atomic E-state index is 8.62. The van der Waals surface area contributed by atoms with Gasteiger partial charge in [-0.3, -0.25) is 0 Å². The first-order valence-electron chi connectivity index (χ1n) is 12.0. The van der Waals surface area contributed by atoms with E-state index in [1.54, 1.807) is 13.8 Å². The number of rotatable bonds is 3. The van der Waals surface area contributed by atoms with Crippen LogP contribution in [0.4, 0.5) is 5.69 Å². The Morgan fingerprint density at radius 3 is 2.27 bits per heavy atom. The molecule has 0 saturated carbocycles. The van der Waals surface area contributed by atoms with Crippen molar-refractivity contribution in [1.29, 1.82) is 0 Å². The Hall–Kier alpha value is -3.90. The van der Waals surface area contributed by atoms with Crippen LogP contribution in [0.15, 0.2) is 71.3 Å². The summed E-state index contributed by atoms with van der Waals surface area (Å²) < 4.78 is 25.6. The molecule has 0 atom stereocenters. The lowest BCUT2D eigenvalue weighted by atomic mass is 9.97. The van der Waals surface area contributed by atoms with Crippen LogP contribution in [0.5, 0.6) is 0 Å². The summed E-state index contributed by atoms with van der Waals surface area (Å²) in [6.07, 6.45) is 1.88. The highest BCUT2D eigenvalue weighted by atomic mass is 16.3. The molecular formula is C30H27N2O+. The first-order valence-corrected chi connectivity index (χ1v) is 11.0. The Morgan fingerprint density at radius 1 is 0.939 bits per heavy atom. The second-order valence-electron chi connectivity index (χ2n) is 8.88. The Labute approximate surface area is 197 Å². The molecule has 162 valence electrons. The van der Waals surface area contributed by atoms with Crippen molar-refractivity contribution in [1.82, 2.24) is 0 Å². The van der Waals surface area contributed by atoms with Crippen molar-refractivity contribution in [3.63, 3.8) is 0 Å². The number of fused-ring (bicyclic) bond motifs is 3. The van der Waals surface area contributed by atoms with E-state index in [4.69, 9.17) is 13.7 Å². The SMILES string of the molecule is [2H]c1cc(-c2c(C)ccc3c2oc2c(-c4ccc(C)cc4)c([N+]#[C-])ccc23)[n+](C)cc1C([2H])(C)C. The number of furan rings is 1. The molecule has 0 fully saturated rings. The van der Waals surface area contributed by atoms with Crippen LogP contribution in [-0.4, -0.2) is 0 Å². The molecule has 0 saturated heterocycles. The summed E-state index contributed by atoms with van der Waals surface area (Å²) in [5.74, 6) is -0.868. The molecule has 0 aliphatic heterocycles. The van der Waals surface area contributed by atoms with Crippen molar-refractivity contribution < 1.29 is 11.7 Å². The molecule has 3 aromatic carbocycles. The van der Waals surface area contributed by atoms with E-state index in [1.807, 2.05) is 74.1 Å². The van der Waals surface area contributed by atoms with Crippen LogP contribution in [0.25, 0.3) is 49.2 Å². The third-order valence-corrected chi connectivity index (χ3v) is 6.32. The molecule has 5 rings (SSSR count). The summed E-state index contributed by atoms with van der Waals surface area (Å²) in [4.78, 5) is 3.79. The van der Waals surface area contributed by atoms with E-state index < -0.39 is 5.89 Å². The first-order chi connectivity index (χ1) is 16.6. The van der Waals surface area contributed by atoms with Gasteiger partial charge in [0.1, 0.15) is 18.2 Å². The highest BCUT2D eigenvalue weighted by Gasteiger charge is 2.23. The second kappa shape index (κ2) is 7.90. The van der Waals surface area contributed by atoms with E-state index in [0.717, 1.165) is 49.9 Å². The summed E-state index contributed by atoms with van der Waals surface area (Å²) in [7, 11) is 1.94. The minimum Gasteiger partial charge on any atom is -0.456 e. The minimum atomic E-state index is -0.868. The zero-order chi connectivity index (χ0) is 25.1. The van der Waals surface area contributed by atoms with Crippen LogP contribution in [0, 0.1) is 20.4 Å². The standard InChI is InChI=1S/C30H27N2O/c1-18(2)22-12-16-26(32(6)17-22)27-20(4)9-13-23-24-14-15-25(31-5)28(30(24)33-29(23)27)21-10-7-19(3)8-11-21/h7-18H,1-4,6H3/q+1/i12D,18D. The molecule has 0 N–H and O–H groups in total. The normalized spacial score (nSPS) is 12.6. The predicted molar refractivity (Wildman–Crippen MR) is 136 cm³/mol. The zero-order valence-corrected chi connectivity index (χ0v) is 19.6. The van der Waals surface area contributed by atoms with E-state index >= 15 is 0 Å². The lowest BCUT2D eigenvalue weighted by molar-refractivity contribution is -0.660. The highest BCUT2D eigenvalue weighted by Crippen LogP contribution is 2.44. The van der Waals surface area contributed by atoms with E-state index in [0.29, 0.717) is 22.9 Å². The fourth-order valence-electron chi connectivity index (χ4n) is 4.47. The lowest BCUT2D eigenvalue weighted by Crippen LogP contribution is -2.31. The predicted octanol–water partition coefficient (Wildman–Crippen LogP) is 8.04. The Kier molecular flexibility index (Phi) is 4.47. The molecule has 2 heterocycles. The van der Waals surface area contributed by atoms with Gasteiger partial charge < -0.3 is 4.42 Å². The Bertz CT molecular complexity index is 1670. The highest BCUT2D eigenvalue weighted by molar-refractivity contribution is 6.15. The van der Waals surface area contributed by atoms with Crippen LogP contribution >= 0.6 is 0 Å². The van der Waals surface area contributed by atoms with Gasteiger partial charge in [0.2, 0.25) is 5.69 Å². The van der Waals surface area contributed by atoms with Crippen molar-refractivity contribution in [2.45, 2.75) is 33.6 Å². The molecule has 0 unspecified atom stereocenters. The lowest BCUT2D eigenvalue weighted by Gasteiger charge is -2.08. The molecule has 0 spiro atoms. The average Bonchev–Trinajstić information content (AvgIpc) is 3.18.